The fraction of sp³-hybridized carbons (Fsp3) is 0.100. The molecule has 4 nitrogen and oxygen atoms in total. The summed E-state index contributed by atoms with van der Waals surface area (Å²) >= 11 is 0. The summed E-state index contributed by atoms with van der Waals surface area (Å²) in [4.78, 5) is 16.3. The second-order valence-electron chi connectivity index (χ2n) is 5.86. The zero-order valence-electron chi connectivity index (χ0n) is 14.2. The van der Waals surface area contributed by atoms with Crippen LogP contribution in [0.5, 0.6) is 0 Å². The number of halogens is 3. The summed E-state index contributed by atoms with van der Waals surface area (Å²) in [7, 11) is 0. The Morgan fingerprint density at radius 1 is 1.22 bits per heavy atom. The standard InChI is InChI=1S/C20H14F3N3O/c1-3-14-8-15(5-4-13(14)2)19(27)25-17-9-16(20(21,22)23)10-18(11-17)26-7-6-24-12-26/h1,4-12H,2H3,(H,25,27). The Labute approximate surface area is 153 Å². The Kier molecular flexibility index (Phi) is 4.74. The van der Waals surface area contributed by atoms with Crippen LogP contribution < -0.4 is 5.32 Å². The lowest BCUT2D eigenvalue weighted by atomic mass is 10.0. The molecule has 1 amide bonds. The first-order valence-corrected chi connectivity index (χ1v) is 7.87. The van der Waals surface area contributed by atoms with Crippen LogP contribution in [0.15, 0.2) is 55.1 Å². The van der Waals surface area contributed by atoms with Crippen molar-refractivity contribution in [3.05, 3.63) is 77.4 Å². The number of hydrogen-bond acceptors (Lipinski definition) is 2. The molecule has 1 aromatic heterocycles. The highest BCUT2D eigenvalue weighted by Gasteiger charge is 2.31. The van der Waals surface area contributed by atoms with Gasteiger partial charge in [-0.2, -0.15) is 13.2 Å². The van der Waals surface area contributed by atoms with Gasteiger partial charge in [0.1, 0.15) is 0 Å². The lowest BCUT2D eigenvalue weighted by Crippen LogP contribution is -2.14. The van der Waals surface area contributed by atoms with Crippen molar-refractivity contribution < 1.29 is 18.0 Å². The molecule has 0 spiro atoms. The number of carbonyl (C=O) groups excluding carboxylic acids is 1. The molecule has 3 rings (SSSR count). The second kappa shape index (κ2) is 7.00. The number of nitrogens with zero attached hydrogens (tertiary/aromatic N) is 2. The van der Waals surface area contributed by atoms with Crippen LogP contribution in [0, 0.1) is 19.3 Å². The third-order valence-corrected chi connectivity index (χ3v) is 3.96. The van der Waals surface area contributed by atoms with E-state index in [0.29, 0.717) is 5.56 Å². The second-order valence-corrected chi connectivity index (χ2v) is 5.86. The van der Waals surface area contributed by atoms with Gasteiger partial charge in [-0.1, -0.05) is 12.0 Å². The molecule has 2 aromatic carbocycles. The van der Waals surface area contributed by atoms with Crippen LogP contribution in [0.1, 0.15) is 27.0 Å². The van der Waals surface area contributed by atoms with Crippen molar-refractivity contribution in [2.45, 2.75) is 13.1 Å². The molecule has 0 bridgehead atoms. The summed E-state index contributed by atoms with van der Waals surface area (Å²) in [6, 6.07) is 8.08. The molecule has 0 aliphatic rings. The number of carbonyl (C=O) groups is 1. The first-order valence-electron chi connectivity index (χ1n) is 7.87. The van der Waals surface area contributed by atoms with E-state index in [2.05, 4.69) is 16.2 Å². The minimum atomic E-state index is -4.56. The van der Waals surface area contributed by atoms with Crippen LogP contribution in [0.2, 0.25) is 0 Å². The molecule has 0 aliphatic carbocycles. The molecule has 27 heavy (non-hydrogen) atoms. The number of rotatable bonds is 3. The molecular formula is C20H14F3N3O. The molecule has 3 aromatic rings. The molecule has 0 fully saturated rings. The molecule has 0 aliphatic heterocycles. The number of amides is 1. The number of imidazole rings is 1. The summed E-state index contributed by atoms with van der Waals surface area (Å²) in [6.45, 7) is 1.81. The first-order chi connectivity index (χ1) is 12.8. The van der Waals surface area contributed by atoms with E-state index in [9.17, 15) is 18.0 Å². The SMILES string of the molecule is C#Cc1cc(C(=O)Nc2cc(-n3ccnc3)cc(C(F)(F)F)c2)ccc1C. The number of hydrogen-bond donors (Lipinski definition) is 1. The van der Waals surface area contributed by atoms with Crippen LogP contribution in [-0.2, 0) is 6.18 Å². The maximum Gasteiger partial charge on any atom is 0.416 e. The van der Waals surface area contributed by atoms with E-state index < -0.39 is 17.6 Å². The van der Waals surface area contributed by atoms with Gasteiger partial charge in [-0.25, -0.2) is 4.98 Å². The van der Waals surface area contributed by atoms with Crippen molar-refractivity contribution in [2.24, 2.45) is 0 Å². The maximum atomic E-state index is 13.2. The van der Waals surface area contributed by atoms with Gasteiger partial charge in [-0.3, -0.25) is 4.79 Å². The molecule has 1 heterocycles. The Morgan fingerprint density at radius 2 is 2.00 bits per heavy atom. The zero-order valence-corrected chi connectivity index (χ0v) is 14.2. The number of alkyl halides is 3. The van der Waals surface area contributed by atoms with Gasteiger partial charge in [0.05, 0.1) is 11.9 Å². The highest BCUT2D eigenvalue weighted by Crippen LogP contribution is 2.33. The molecule has 0 unspecified atom stereocenters. The molecule has 0 saturated carbocycles. The fourth-order valence-electron chi connectivity index (χ4n) is 2.53. The van der Waals surface area contributed by atoms with Crippen molar-refractivity contribution in [3.63, 3.8) is 0 Å². The quantitative estimate of drug-likeness (QED) is 0.694. The molecule has 7 heteroatoms. The van der Waals surface area contributed by atoms with Crippen LogP contribution in [-0.4, -0.2) is 15.5 Å². The third kappa shape index (κ3) is 4.01. The van der Waals surface area contributed by atoms with Gasteiger partial charge in [0.2, 0.25) is 0 Å². The summed E-state index contributed by atoms with van der Waals surface area (Å²) in [5.41, 5.74) is 1.00. The van der Waals surface area contributed by atoms with Crippen LogP contribution >= 0.6 is 0 Å². The fourth-order valence-corrected chi connectivity index (χ4v) is 2.53. The van der Waals surface area contributed by atoms with Crippen molar-refractivity contribution in [1.29, 1.82) is 0 Å². The topological polar surface area (TPSA) is 46.9 Å². The molecule has 0 saturated heterocycles. The van der Waals surface area contributed by atoms with Crippen LogP contribution in [0.4, 0.5) is 18.9 Å². The highest BCUT2D eigenvalue weighted by molar-refractivity contribution is 6.04. The van der Waals surface area contributed by atoms with E-state index in [0.717, 1.165) is 17.7 Å². The lowest BCUT2D eigenvalue weighted by molar-refractivity contribution is -0.137. The van der Waals surface area contributed by atoms with Gasteiger partial charge in [0.15, 0.2) is 0 Å². The summed E-state index contributed by atoms with van der Waals surface area (Å²) in [6.07, 6.45) is 5.18. The summed E-state index contributed by atoms with van der Waals surface area (Å²) in [5, 5.41) is 2.50. The van der Waals surface area contributed by atoms with Crippen molar-refractivity contribution >= 4 is 11.6 Å². The predicted molar refractivity (Wildman–Crippen MR) is 95.6 cm³/mol. The van der Waals surface area contributed by atoms with E-state index in [1.807, 2.05) is 0 Å². The van der Waals surface area contributed by atoms with Crippen molar-refractivity contribution in [1.82, 2.24) is 9.55 Å². The monoisotopic (exact) mass is 369 g/mol. The predicted octanol–water partition coefficient (Wildman–Crippen LogP) is 4.43. The average Bonchev–Trinajstić information content (AvgIpc) is 3.15. The van der Waals surface area contributed by atoms with Gasteiger partial charge in [0, 0.05) is 34.9 Å². The average molecular weight is 369 g/mol. The van der Waals surface area contributed by atoms with Gasteiger partial charge in [0.25, 0.3) is 5.91 Å². The zero-order chi connectivity index (χ0) is 19.6. The number of benzene rings is 2. The maximum absolute atomic E-state index is 13.2. The normalized spacial score (nSPS) is 11.1. The van der Waals surface area contributed by atoms with Gasteiger partial charge in [-0.05, 0) is 42.8 Å². The number of terminal acetylenes is 1. The minimum Gasteiger partial charge on any atom is -0.322 e. The van der Waals surface area contributed by atoms with Gasteiger partial charge >= 0.3 is 6.18 Å². The Morgan fingerprint density at radius 3 is 2.63 bits per heavy atom. The third-order valence-electron chi connectivity index (χ3n) is 3.96. The number of anilines is 1. The van der Waals surface area contributed by atoms with E-state index in [4.69, 9.17) is 6.42 Å². The molecular weight excluding hydrogens is 355 g/mol. The molecule has 0 atom stereocenters. The minimum absolute atomic E-state index is 0.0151. The Balaban J connectivity index is 1.98. The number of aromatic nitrogens is 2. The smallest absolute Gasteiger partial charge is 0.322 e. The Hall–Kier alpha value is -3.53. The molecule has 136 valence electrons. The van der Waals surface area contributed by atoms with Crippen LogP contribution in [0.25, 0.3) is 5.69 Å². The van der Waals surface area contributed by atoms with Crippen molar-refractivity contribution in [3.8, 4) is 18.0 Å². The molecule has 1 N–H and O–H groups in total. The van der Waals surface area contributed by atoms with Gasteiger partial charge in [-0.15, -0.1) is 6.42 Å². The van der Waals surface area contributed by atoms with E-state index in [-0.39, 0.29) is 16.9 Å². The van der Waals surface area contributed by atoms with E-state index in [1.54, 1.807) is 19.1 Å². The van der Waals surface area contributed by atoms with Crippen LogP contribution in [0.3, 0.4) is 0 Å². The van der Waals surface area contributed by atoms with E-state index in [1.165, 1.54) is 35.4 Å². The summed E-state index contributed by atoms with van der Waals surface area (Å²) < 4.78 is 41.1. The first kappa shape index (κ1) is 18.3. The number of aryl methyl sites for hydroxylation is 1. The summed E-state index contributed by atoms with van der Waals surface area (Å²) in [5.74, 6) is 1.92. The largest absolute Gasteiger partial charge is 0.416 e. The van der Waals surface area contributed by atoms with E-state index >= 15 is 0 Å². The van der Waals surface area contributed by atoms with Gasteiger partial charge < -0.3 is 9.88 Å². The highest BCUT2D eigenvalue weighted by atomic mass is 19.4. The van der Waals surface area contributed by atoms with Crippen molar-refractivity contribution in [2.75, 3.05) is 5.32 Å². The number of nitrogens with one attached hydrogen (secondary N) is 1. The molecule has 0 radical (unpaired) electrons. The lowest BCUT2D eigenvalue weighted by Gasteiger charge is -2.14. The Bertz CT molecular complexity index is 1030.